The number of benzene rings is 1. The van der Waals surface area contributed by atoms with Crippen molar-refractivity contribution < 1.29 is 4.79 Å². The maximum absolute atomic E-state index is 12.9. The van der Waals surface area contributed by atoms with Crippen LogP contribution < -0.4 is 4.90 Å². The van der Waals surface area contributed by atoms with E-state index in [9.17, 15) is 4.79 Å². The third-order valence-corrected chi connectivity index (χ3v) is 5.00. The molecule has 0 spiro atoms. The summed E-state index contributed by atoms with van der Waals surface area (Å²) in [5, 5.41) is 4.36. The van der Waals surface area contributed by atoms with Gasteiger partial charge in [-0.15, -0.1) is 5.10 Å². The van der Waals surface area contributed by atoms with E-state index in [1.165, 1.54) is 18.5 Å². The molecule has 0 saturated carbocycles. The summed E-state index contributed by atoms with van der Waals surface area (Å²) in [4.78, 5) is 25.7. The first kappa shape index (κ1) is 17.5. The largest absolute Gasteiger partial charge is 0.371 e. The number of fused-ring (bicyclic) bond motifs is 1. The normalized spacial score (nSPS) is 14.1. The van der Waals surface area contributed by atoms with E-state index in [1.54, 1.807) is 16.5 Å². The van der Waals surface area contributed by atoms with E-state index in [1.807, 2.05) is 26.0 Å². The van der Waals surface area contributed by atoms with E-state index in [0.29, 0.717) is 12.3 Å². The van der Waals surface area contributed by atoms with Crippen LogP contribution in [0.3, 0.4) is 0 Å². The number of carbonyl (C=O) groups excluding carboxylic acids is 1. The molecular weight excluding hydrogens is 340 g/mol. The minimum absolute atomic E-state index is 0.178. The zero-order valence-electron chi connectivity index (χ0n) is 16.0. The lowest BCUT2D eigenvalue weighted by Crippen LogP contribution is -2.28. The van der Waals surface area contributed by atoms with Gasteiger partial charge in [-0.3, -0.25) is 4.79 Å². The van der Waals surface area contributed by atoms with Crippen LogP contribution in [0.5, 0.6) is 0 Å². The molecule has 3 heterocycles. The van der Waals surface area contributed by atoms with Crippen molar-refractivity contribution in [3.05, 3.63) is 53.1 Å². The number of rotatable bonds is 4. The summed E-state index contributed by atoms with van der Waals surface area (Å²) >= 11 is 0. The lowest BCUT2D eigenvalue weighted by molar-refractivity contribution is 0.0773. The number of hydrogen-bond acceptors (Lipinski definition) is 5. The van der Waals surface area contributed by atoms with Crippen molar-refractivity contribution in [2.24, 2.45) is 0 Å². The van der Waals surface area contributed by atoms with Crippen molar-refractivity contribution in [1.29, 1.82) is 0 Å². The number of amides is 1. The van der Waals surface area contributed by atoms with Gasteiger partial charge in [0.1, 0.15) is 0 Å². The fraction of sp³-hybridized carbons (Fsp3) is 0.400. The van der Waals surface area contributed by atoms with Crippen LogP contribution in [0.15, 0.2) is 30.3 Å². The Labute approximate surface area is 158 Å². The van der Waals surface area contributed by atoms with E-state index < -0.39 is 0 Å². The summed E-state index contributed by atoms with van der Waals surface area (Å²) in [6.07, 6.45) is 2.44. The Balaban J connectivity index is 1.58. The van der Waals surface area contributed by atoms with Crippen molar-refractivity contribution in [3.8, 4) is 0 Å². The fourth-order valence-corrected chi connectivity index (χ4v) is 3.67. The predicted molar refractivity (Wildman–Crippen MR) is 104 cm³/mol. The third kappa shape index (κ3) is 3.37. The summed E-state index contributed by atoms with van der Waals surface area (Å²) in [6.45, 7) is 6.51. The van der Waals surface area contributed by atoms with Gasteiger partial charge in [0.05, 0.1) is 0 Å². The van der Waals surface area contributed by atoms with Crippen LogP contribution in [0.2, 0.25) is 0 Å². The van der Waals surface area contributed by atoms with Crippen LogP contribution in [-0.4, -0.2) is 50.5 Å². The van der Waals surface area contributed by atoms with Gasteiger partial charge in [0.15, 0.2) is 0 Å². The molecule has 7 nitrogen and oxygen atoms in total. The van der Waals surface area contributed by atoms with E-state index in [2.05, 4.69) is 38.2 Å². The minimum atomic E-state index is -0.200. The number of nitrogens with zero attached hydrogens (tertiary/aromatic N) is 6. The molecule has 7 heteroatoms. The highest BCUT2D eigenvalue weighted by Crippen LogP contribution is 2.25. The number of para-hydroxylation sites is 1. The molecule has 0 aliphatic carbocycles. The molecule has 1 saturated heterocycles. The van der Waals surface area contributed by atoms with Gasteiger partial charge in [-0.2, -0.15) is 4.98 Å². The van der Waals surface area contributed by atoms with E-state index in [0.717, 1.165) is 30.0 Å². The molecule has 1 aliphatic rings. The van der Waals surface area contributed by atoms with Crippen molar-refractivity contribution in [2.45, 2.75) is 33.2 Å². The lowest BCUT2D eigenvalue weighted by Gasteiger charge is -2.24. The molecule has 1 aliphatic heterocycles. The number of carbonyl (C=O) groups is 1. The Morgan fingerprint density at radius 3 is 2.67 bits per heavy atom. The Kier molecular flexibility index (Phi) is 4.51. The average Bonchev–Trinajstić information content (AvgIpc) is 3.31. The molecule has 0 N–H and O–H groups in total. The lowest BCUT2D eigenvalue weighted by atomic mass is 10.1. The van der Waals surface area contributed by atoms with Crippen LogP contribution >= 0.6 is 0 Å². The van der Waals surface area contributed by atoms with Crippen LogP contribution in [-0.2, 0) is 6.54 Å². The number of anilines is 1. The van der Waals surface area contributed by atoms with Crippen LogP contribution in [0.1, 0.15) is 40.4 Å². The van der Waals surface area contributed by atoms with Gasteiger partial charge < -0.3 is 9.80 Å². The Hall–Kier alpha value is -2.96. The van der Waals surface area contributed by atoms with Gasteiger partial charge >= 0.3 is 0 Å². The molecular formula is C20H24N6O. The molecule has 3 aromatic rings. The second-order valence-electron chi connectivity index (χ2n) is 7.17. The van der Waals surface area contributed by atoms with Gasteiger partial charge in [0.25, 0.3) is 11.7 Å². The number of aromatic nitrogens is 4. The second-order valence-corrected chi connectivity index (χ2v) is 7.17. The maximum Gasteiger partial charge on any atom is 0.293 e. The molecule has 27 heavy (non-hydrogen) atoms. The molecule has 0 bridgehead atoms. The molecule has 4 rings (SSSR count). The second kappa shape index (κ2) is 6.98. The highest BCUT2D eigenvalue weighted by atomic mass is 16.2. The third-order valence-electron chi connectivity index (χ3n) is 5.00. The Bertz CT molecular complexity index is 989. The summed E-state index contributed by atoms with van der Waals surface area (Å²) < 4.78 is 1.62. The fourth-order valence-electron chi connectivity index (χ4n) is 3.67. The number of aryl methyl sites for hydroxylation is 2. The topological polar surface area (TPSA) is 66.6 Å². The highest BCUT2D eigenvalue weighted by Gasteiger charge is 2.21. The van der Waals surface area contributed by atoms with Crippen LogP contribution in [0.25, 0.3) is 5.78 Å². The predicted octanol–water partition coefficient (Wildman–Crippen LogP) is 2.61. The van der Waals surface area contributed by atoms with Crippen LogP contribution in [0.4, 0.5) is 5.69 Å². The van der Waals surface area contributed by atoms with E-state index >= 15 is 0 Å². The molecule has 2 aromatic heterocycles. The smallest absolute Gasteiger partial charge is 0.293 e. The van der Waals surface area contributed by atoms with Gasteiger partial charge in [-0.05, 0) is 44.4 Å². The minimum Gasteiger partial charge on any atom is -0.371 e. The summed E-state index contributed by atoms with van der Waals surface area (Å²) in [6, 6.07) is 10.2. The van der Waals surface area contributed by atoms with E-state index in [4.69, 9.17) is 0 Å². The van der Waals surface area contributed by atoms with E-state index in [-0.39, 0.29) is 11.7 Å². The first-order valence-electron chi connectivity index (χ1n) is 9.32. The summed E-state index contributed by atoms with van der Waals surface area (Å²) in [7, 11) is 1.79. The quantitative estimate of drug-likeness (QED) is 0.712. The molecule has 140 valence electrons. The van der Waals surface area contributed by atoms with Gasteiger partial charge in [0.2, 0.25) is 5.82 Å². The highest BCUT2D eigenvalue weighted by molar-refractivity contribution is 5.90. The Morgan fingerprint density at radius 2 is 1.89 bits per heavy atom. The van der Waals surface area contributed by atoms with Crippen molar-refractivity contribution >= 4 is 17.4 Å². The monoisotopic (exact) mass is 364 g/mol. The first-order chi connectivity index (χ1) is 13.0. The zero-order valence-corrected chi connectivity index (χ0v) is 16.0. The molecule has 1 amide bonds. The van der Waals surface area contributed by atoms with Gasteiger partial charge in [-0.1, -0.05) is 18.2 Å². The molecule has 1 aromatic carbocycles. The number of hydrogen-bond donors (Lipinski definition) is 0. The van der Waals surface area contributed by atoms with Crippen LogP contribution in [0, 0.1) is 13.8 Å². The average molecular weight is 364 g/mol. The molecule has 0 radical (unpaired) electrons. The zero-order chi connectivity index (χ0) is 19.0. The Morgan fingerprint density at radius 1 is 1.15 bits per heavy atom. The van der Waals surface area contributed by atoms with Crippen molar-refractivity contribution in [3.63, 3.8) is 0 Å². The molecule has 1 fully saturated rings. The van der Waals surface area contributed by atoms with Crippen molar-refractivity contribution in [1.82, 2.24) is 24.5 Å². The SMILES string of the molecule is Cc1cc(C)n2nc(C(=O)N(C)Cc3ccccc3N3CCCC3)nc2n1. The van der Waals surface area contributed by atoms with Gasteiger partial charge in [-0.25, -0.2) is 9.50 Å². The molecule has 0 unspecified atom stereocenters. The summed E-state index contributed by atoms with van der Waals surface area (Å²) in [5.74, 6) is 0.438. The molecule has 0 atom stereocenters. The summed E-state index contributed by atoms with van der Waals surface area (Å²) in [5.41, 5.74) is 4.13. The standard InChI is InChI=1S/C20H24N6O/c1-14-12-15(2)26-20(21-14)22-18(23-26)19(27)24(3)13-16-8-4-5-9-17(16)25-10-6-7-11-25/h4-5,8-9,12H,6-7,10-11,13H2,1-3H3. The van der Waals surface area contributed by atoms with Crippen molar-refractivity contribution in [2.75, 3.05) is 25.0 Å². The first-order valence-corrected chi connectivity index (χ1v) is 9.32. The van der Waals surface area contributed by atoms with Gasteiger partial charge in [0, 0.05) is 43.8 Å². The maximum atomic E-state index is 12.9.